The van der Waals surface area contributed by atoms with Gasteiger partial charge < -0.3 is 20.1 Å². The minimum atomic E-state index is 0. The van der Waals surface area contributed by atoms with Crippen LogP contribution in [0.2, 0.25) is 0 Å². The van der Waals surface area contributed by atoms with E-state index in [9.17, 15) is 0 Å². The van der Waals surface area contributed by atoms with Gasteiger partial charge in [-0.2, -0.15) is 9.97 Å². The molecule has 0 unspecified atom stereocenters. The lowest BCUT2D eigenvalue weighted by molar-refractivity contribution is 0.578. The van der Waals surface area contributed by atoms with E-state index >= 15 is 0 Å². The Bertz CT molecular complexity index is 1400. The Balaban J connectivity index is 0.00000113. The van der Waals surface area contributed by atoms with E-state index in [1.54, 1.807) is 6.33 Å². The van der Waals surface area contributed by atoms with E-state index < -0.39 is 0 Å². The molecular weight excluding hydrogens is 482 g/mol. The van der Waals surface area contributed by atoms with Crippen molar-refractivity contribution in [1.29, 1.82) is 0 Å². The first kappa shape index (κ1) is 26.2. The average Bonchev–Trinajstić information content (AvgIpc) is 3.48. The van der Waals surface area contributed by atoms with Crippen LogP contribution in [0.3, 0.4) is 0 Å². The van der Waals surface area contributed by atoms with Crippen molar-refractivity contribution < 1.29 is 2.85 Å². The fourth-order valence-electron chi connectivity index (χ4n) is 4.95. The molecule has 3 aromatic carbocycles. The minimum absolute atomic E-state index is 0. The van der Waals surface area contributed by atoms with Crippen LogP contribution in [-0.2, 0) is 13.1 Å². The Morgan fingerprint density at radius 3 is 2.03 bits per heavy atom. The molecule has 1 saturated heterocycles. The highest BCUT2D eigenvalue weighted by Crippen LogP contribution is 2.28. The van der Waals surface area contributed by atoms with Crippen LogP contribution in [0.15, 0.2) is 91.3 Å². The third-order valence-corrected chi connectivity index (χ3v) is 6.84. The number of nitrogens with one attached hydrogen (secondary N) is 2. The predicted octanol–water partition coefficient (Wildman–Crippen LogP) is 7.81. The highest BCUT2D eigenvalue weighted by atomic mass is 15.3. The van der Waals surface area contributed by atoms with Gasteiger partial charge in [0.05, 0.1) is 6.33 Å². The monoisotopic (exact) mass is 523 g/mol. The van der Waals surface area contributed by atoms with E-state index in [1.165, 1.54) is 36.1 Å². The number of benzene rings is 3. The van der Waals surface area contributed by atoms with Gasteiger partial charge in [0.25, 0.3) is 0 Å². The van der Waals surface area contributed by atoms with Crippen molar-refractivity contribution >= 4 is 34.3 Å². The van der Waals surface area contributed by atoms with Crippen LogP contribution < -0.4 is 15.1 Å². The molecule has 6 rings (SSSR count). The number of hydrogen-bond acceptors (Lipinski definition) is 6. The van der Waals surface area contributed by atoms with Crippen molar-refractivity contribution in [1.82, 2.24) is 19.9 Å². The molecule has 3 heterocycles. The van der Waals surface area contributed by atoms with Crippen molar-refractivity contribution in [2.75, 3.05) is 28.2 Å². The molecule has 39 heavy (non-hydrogen) atoms. The summed E-state index contributed by atoms with van der Waals surface area (Å²) in [6, 6.07) is 29.5. The van der Waals surface area contributed by atoms with Crippen LogP contribution in [0, 0.1) is 0 Å². The molecule has 5 aromatic rings. The summed E-state index contributed by atoms with van der Waals surface area (Å²) in [4.78, 5) is 22.2. The van der Waals surface area contributed by atoms with Gasteiger partial charge in [-0.25, -0.2) is 4.98 Å². The van der Waals surface area contributed by atoms with Gasteiger partial charge in [0.15, 0.2) is 11.5 Å². The first-order valence-corrected chi connectivity index (χ1v) is 14.0. The van der Waals surface area contributed by atoms with E-state index in [4.69, 9.17) is 9.97 Å². The molecule has 0 atom stereocenters. The van der Waals surface area contributed by atoms with Gasteiger partial charge in [0.2, 0.25) is 5.95 Å². The zero-order valence-electron chi connectivity index (χ0n) is 22.8. The molecule has 204 valence electrons. The highest BCUT2D eigenvalue weighted by Gasteiger charge is 2.18. The molecule has 1 aliphatic rings. The second-order valence-electron chi connectivity index (χ2n) is 9.52. The number of fused-ring (bicyclic) bond motifs is 1. The number of anilines is 4. The predicted molar refractivity (Wildman–Crippen MR) is 166 cm³/mol. The van der Waals surface area contributed by atoms with Crippen molar-refractivity contribution in [2.24, 2.45) is 0 Å². The van der Waals surface area contributed by atoms with Crippen molar-refractivity contribution in [2.45, 2.75) is 46.2 Å². The standard InChI is InChI=1S/C30H31N7.C2H6.2H2/c1-4-10-23(11-5-1)20-37(21-24-12-6-2-7-13-24)29-27-28(32-22-31-27)34-30(35-29)33-25-14-16-26(17-15-25)36-18-8-3-9-19-36;1-2;;/h1-2,4-7,10-17,22H,3,8-9,18-21H2,(H2,31,32,33,34,35);1-2H3;2*1H. The number of piperidine rings is 1. The van der Waals surface area contributed by atoms with E-state index in [1.807, 2.05) is 26.0 Å². The van der Waals surface area contributed by atoms with Crippen molar-refractivity contribution in [3.8, 4) is 0 Å². The smallest absolute Gasteiger partial charge is 0.231 e. The Labute approximate surface area is 233 Å². The molecule has 1 aliphatic heterocycles. The second-order valence-corrected chi connectivity index (χ2v) is 9.52. The number of H-pyrrole nitrogens is 1. The quantitative estimate of drug-likeness (QED) is 0.216. The number of aromatic amines is 1. The Morgan fingerprint density at radius 2 is 1.41 bits per heavy atom. The molecule has 0 bridgehead atoms. The summed E-state index contributed by atoms with van der Waals surface area (Å²) in [7, 11) is 0. The largest absolute Gasteiger partial charge is 0.372 e. The van der Waals surface area contributed by atoms with E-state index in [0.29, 0.717) is 24.7 Å². The molecule has 0 radical (unpaired) electrons. The lowest BCUT2D eigenvalue weighted by Crippen LogP contribution is -2.29. The van der Waals surface area contributed by atoms with Crippen LogP contribution in [-0.4, -0.2) is 33.0 Å². The van der Waals surface area contributed by atoms with Crippen LogP contribution >= 0.6 is 0 Å². The Kier molecular flexibility index (Phi) is 8.68. The fraction of sp³-hybridized carbons (Fsp3) is 0.281. The summed E-state index contributed by atoms with van der Waals surface area (Å²) < 4.78 is 0. The van der Waals surface area contributed by atoms with E-state index in [0.717, 1.165) is 30.1 Å². The van der Waals surface area contributed by atoms with Crippen LogP contribution in [0.1, 0.15) is 47.1 Å². The molecule has 2 N–H and O–H groups in total. The molecule has 2 aromatic heterocycles. The van der Waals surface area contributed by atoms with Gasteiger partial charge in [-0.3, -0.25) is 0 Å². The molecule has 7 heteroatoms. The summed E-state index contributed by atoms with van der Waals surface area (Å²) in [5.74, 6) is 1.36. The maximum absolute atomic E-state index is 5.00. The zero-order chi connectivity index (χ0) is 26.9. The fourth-order valence-corrected chi connectivity index (χ4v) is 4.95. The maximum atomic E-state index is 5.00. The summed E-state index contributed by atoms with van der Waals surface area (Å²) in [5.41, 5.74) is 6.13. The molecule has 1 fully saturated rings. The maximum Gasteiger partial charge on any atom is 0.231 e. The second kappa shape index (κ2) is 12.9. The summed E-state index contributed by atoms with van der Waals surface area (Å²) >= 11 is 0. The number of nitrogens with zero attached hydrogens (tertiary/aromatic N) is 5. The van der Waals surface area contributed by atoms with Gasteiger partial charge in [-0.1, -0.05) is 74.5 Å². The zero-order valence-corrected chi connectivity index (χ0v) is 22.8. The van der Waals surface area contributed by atoms with Gasteiger partial charge in [0.1, 0.15) is 5.52 Å². The van der Waals surface area contributed by atoms with Crippen LogP contribution in [0.4, 0.5) is 23.1 Å². The average molecular weight is 524 g/mol. The van der Waals surface area contributed by atoms with Crippen molar-refractivity contribution in [3.05, 3.63) is 102 Å². The van der Waals surface area contributed by atoms with Gasteiger partial charge in [-0.05, 0) is 54.7 Å². The number of imidazole rings is 1. The number of aromatic nitrogens is 4. The minimum Gasteiger partial charge on any atom is -0.372 e. The topological polar surface area (TPSA) is 73.0 Å². The van der Waals surface area contributed by atoms with E-state index in [-0.39, 0.29) is 2.85 Å². The normalized spacial score (nSPS) is 13.0. The molecule has 0 spiro atoms. The van der Waals surface area contributed by atoms with Crippen molar-refractivity contribution in [3.63, 3.8) is 0 Å². The molecular formula is C32H41N7. The summed E-state index contributed by atoms with van der Waals surface area (Å²) in [6.07, 6.45) is 5.55. The number of hydrogen-bond donors (Lipinski definition) is 2. The summed E-state index contributed by atoms with van der Waals surface area (Å²) in [5, 5.41) is 3.42. The summed E-state index contributed by atoms with van der Waals surface area (Å²) in [6.45, 7) is 7.69. The third kappa shape index (κ3) is 6.55. The Hall–Kier alpha value is -4.39. The number of rotatable bonds is 8. The third-order valence-electron chi connectivity index (χ3n) is 6.84. The highest BCUT2D eigenvalue weighted by molar-refractivity contribution is 5.84. The first-order chi connectivity index (χ1) is 19.3. The van der Waals surface area contributed by atoms with Crippen LogP contribution in [0.5, 0.6) is 0 Å². The van der Waals surface area contributed by atoms with Gasteiger partial charge >= 0.3 is 0 Å². The first-order valence-electron chi connectivity index (χ1n) is 14.0. The van der Waals surface area contributed by atoms with Gasteiger partial charge in [0, 0.05) is 40.4 Å². The molecule has 0 amide bonds. The van der Waals surface area contributed by atoms with Gasteiger partial charge in [-0.15, -0.1) is 0 Å². The lowest BCUT2D eigenvalue weighted by Gasteiger charge is -2.28. The molecule has 0 saturated carbocycles. The Morgan fingerprint density at radius 1 is 0.795 bits per heavy atom. The lowest BCUT2D eigenvalue weighted by atomic mass is 10.1. The molecule has 7 nitrogen and oxygen atoms in total. The van der Waals surface area contributed by atoms with Crippen LogP contribution in [0.25, 0.3) is 11.2 Å². The van der Waals surface area contributed by atoms with E-state index in [2.05, 4.69) is 97.9 Å². The molecule has 0 aliphatic carbocycles. The SMILES string of the molecule is CC.[HH].[HH].c1ccc(CN(Cc2ccccc2)c2nc(Nc3ccc(N4CCCCC4)cc3)nc3nc[nH]c23)cc1.